The molecular formula is C24H24F3N5O2. The number of hydrogen-bond acceptors (Lipinski definition) is 5. The Morgan fingerprint density at radius 3 is 2.21 bits per heavy atom. The zero-order valence-corrected chi connectivity index (χ0v) is 18.5. The summed E-state index contributed by atoms with van der Waals surface area (Å²) in [5, 5.41) is 2.55. The zero-order valence-electron chi connectivity index (χ0n) is 18.5. The van der Waals surface area contributed by atoms with Crippen LogP contribution in [0.2, 0.25) is 0 Å². The van der Waals surface area contributed by atoms with Crippen LogP contribution in [-0.4, -0.2) is 41.6 Å². The highest BCUT2D eigenvalue weighted by Crippen LogP contribution is 2.29. The Balaban J connectivity index is 1.47. The van der Waals surface area contributed by atoms with E-state index in [0.29, 0.717) is 24.7 Å². The number of carbonyl (C=O) groups excluding carboxylic acids is 1. The van der Waals surface area contributed by atoms with Crippen molar-refractivity contribution in [1.82, 2.24) is 9.55 Å². The number of amides is 1. The molecule has 0 radical (unpaired) electrons. The van der Waals surface area contributed by atoms with Crippen LogP contribution in [0.4, 0.5) is 30.5 Å². The van der Waals surface area contributed by atoms with E-state index in [0.717, 1.165) is 30.9 Å². The maximum absolute atomic E-state index is 12.7. The third kappa shape index (κ3) is 5.38. The summed E-state index contributed by atoms with van der Waals surface area (Å²) in [5.74, 6) is -0.128. The van der Waals surface area contributed by atoms with Crippen LogP contribution < -0.4 is 20.7 Å². The van der Waals surface area contributed by atoms with Gasteiger partial charge in [-0.05, 0) is 43.3 Å². The van der Waals surface area contributed by atoms with E-state index in [-0.39, 0.29) is 17.8 Å². The molecule has 2 aromatic carbocycles. The lowest BCUT2D eigenvalue weighted by Crippen LogP contribution is -2.48. The number of piperazine rings is 1. The van der Waals surface area contributed by atoms with Gasteiger partial charge in [-0.2, -0.15) is 13.2 Å². The predicted molar refractivity (Wildman–Crippen MR) is 124 cm³/mol. The van der Waals surface area contributed by atoms with Gasteiger partial charge in [0.15, 0.2) is 0 Å². The van der Waals surface area contributed by atoms with Crippen molar-refractivity contribution in [2.75, 3.05) is 41.3 Å². The first-order chi connectivity index (χ1) is 16.2. The number of alkyl halides is 3. The van der Waals surface area contributed by atoms with Gasteiger partial charge < -0.3 is 15.1 Å². The Hall–Kier alpha value is -3.82. The standard InChI is InChI=1S/C24H24F3N5O2/c1-17-15-22(34)32(16-21(33)29-19-9-7-18(8-10-19)24(25,26)27)23(28-17)31-13-11-30(12-14-31)20-5-3-2-4-6-20/h2-10,15H,11-14,16H2,1H3,(H,29,33). The summed E-state index contributed by atoms with van der Waals surface area (Å²) < 4.78 is 39.5. The van der Waals surface area contributed by atoms with Crippen molar-refractivity contribution in [3.05, 3.63) is 82.3 Å². The number of anilines is 3. The van der Waals surface area contributed by atoms with E-state index in [1.807, 2.05) is 35.2 Å². The monoisotopic (exact) mass is 471 g/mol. The highest BCUT2D eigenvalue weighted by Gasteiger charge is 2.30. The maximum atomic E-state index is 12.7. The third-order valence-electron chi connectivity index (χ3n) is 5.60. The van der Waals surface area contributed by atoms with Crippen molar-refractivity contribution in [2.45, 2.75) is 19.6 Å². The summed E-state index contributed by atoms with van der Waals surface area (Å²) in [6, 6.07) is 15.5. The third-order valence-corrected chi connectivity index (χ3v) is 5.60. The largest absolute Gasteiger partial charge is 0.416 e. The second kappa shape index (κ2) is 9.58. The van der Waals surface area contributed by atoms with Gasteiger partial charge in [-0.3, -0.25) is 14.2 Å². The van der Waals surface area contributed by atoms with Crippen LogP contribution in [-0.2, 0) is 17.5 Å². The van der Waals surface area contributed by atoms with E-state index in [2.05, 4.69) is 15.2 Å². The van der Waals surface area contributed by atoms with E-state index in [4.69, 9.17) is 0 Å². The summed E-state index contributed by atoms with van der Waals surface area (Å²) in [6.07, 6.45) is -4.46. The SMILES string of the molecule is Cc1cc(=O)n(CC(=O)Nc2ccc(C(F)(F)F)cc2)c(N2CCN(c3ccccc3)CC2)n1. The first-order valence-corrected chi connectivity index (χ1v) is 10.8. The number of nitrogens with zero attached hydrogens (tertiary/aromatic N) is 4. The fourth-order valence-corrected chi connectivity index (χ4v) is 3.89. The highest BCUT2D eigenvalue weighted by molar-refractivity contribution is 5.90. The molecule has 2 heterocycles. The molecule has 1 aliphatic rings. The van der Waals surface area contributed by atoms with Crippen molar-refractivity contribution in [3.63, 3.8) is 0 Å². The van der Waals surface area contributed by atoms with E-state index in [9.17, 15) is 22.8 Å². The molecule has 1 aromatic heterocycles. The maximum Gasteiger partial charge on any atom is 0.416 e. The number of rotatable bonds is 5. The Kier molecular flexibility index (Phi) is 6.58. The molecule has 1 aliphatic heterocycles. The summed E-state index contributed by atoms with van der Waals surface area (Å²) >= 11 is 0. The highest BCUT2D eigenvalue weighted by atomic mass is 19.4. The average Bonchev–Trinajstić information content (AvgIpc) is 2.81. The van der Waals surface area contributed by atoms with Gasteiger partial charge in [-0.1, -0.05) is 18.2 Å². The lowest BCUT2D eigenvalue weighted by molar-refractivity contribution is -0.137. The van der Waals surface area contributed by atoms with E-state index in [1.165, 1.54) is 22.8 Å². The number of nitrogens with one attached hydrogen (secondary N) is 1. The fourth-order valence-electron chi connectivity index (χ4n) is 3.89. The average molecular weight is 471 g/mol. The minimum atomic E-state index is -4.46. The molecule has 7 nitrogen and oxygen atoms in total. The van der Waals surface area contributed by atoms with Gasteiger partial charge in [0.2, 0.25) is 11.9 Å². The van der Waals surface area contributed by atoms with Gasteiger partial charge in [0, 0.05) is 49.3 Å². The summed E-state index contributed by atoms with van der Waals surface area (Å²) in [4.78, 5) is 34.1. The van der Waals surface area contributed by atoms with Gasteiger partial charge in [0.05, 0.1) is 5.56 Å². The molecule has 0 spiro atoms. The molecule has 1 amide bonds. The number of carbonyl (C=O) groups is 1. The number of aryl methyl sites for hydroxylation is 1. The van der Waals surface area contributed by atoms with Crippen LogP contribution in [0.1, 0.15) is 11.3 Å². The van der Waals surface area contributed by atoms with Crippen LogP contribution in [0.5, 0.6) is 0 Å². The molecule has 4 rings (SSSR count). The lowest BCUT2D eigenvalue weighted by atomic mass is 10.2. The van der Waals surface area contributed by atoms with Crippen LogP contribution in [0.15, 0.2) is 65.5 Å². The smallest absolute Gasteiger partial charge is 0.368 e. The molecular weight excluding hydrogens is 447 g/mol. The minimum absolute atomic E-state index is 0.212. The van der Waals surface area contributed by atoms with Crippen molar-refractivity contribution in [3.8, 4) is 0 Å². The van der Waals surface area contributed by atoms with Gasteiger partial charge >= 0.3 is 6.18 Å². The van der Waals surface area contributed by atoms with E-state index in [1.54, 1.807) is 6.92 Å². The molecule has 0 aliphatic carbocycles. The van der Waals surface area contributed by atoms with E-state index >= 15 is 0 Å². The van der Waals surface area contributed by atoms with Gasteiger partial charge in [0.1, 0.15) is 6.54 Å². The molecule has 1 saturated heterocycles. The molecule has 1 fully saturated rings. The fraction of sp³-hybridized carbons (Fsp3) is 0.292. The molecule has 0 unspecified atom stereocenters. The van der Waals surface area contributed by atoms with Crippen molar-refractivity contribution >= 4 is 23.2 Å². The number of aromatic nitrogens is 2. The van der Waals surface area contributed by atoms with Gasteiger partial charge in [-0.25, -0.2) is 4.98 Å². The lowest BCUT2D eigenvalue weighted by Gasteiger charge is -2.37. The number of benzene rings is 2. The van der Waals surface area contributed by atoms with Crippen LogP contribution >= 0.6 is 0 Å². The number of hydrogen-bond donors (Lipinski definition) is 1. The molecule has 178 valence electrons. The molecule has 0 saturated carbocycles. The van der Waals surface area contributed by atoms with Crippen molar-refractivity contribution in [1.29, 1.82) is 0 Å². The Morgan fingerprint density at radius 2 is 1.59 bits per heavy atom. The predicted octanol–water partition coefficient (Wildman–Crippen LogP) is 3.54. The topological polar surface area (TPSA) is 70.5 Å². The van der Waals surface area contributed by atoms with Crippen LogP contribution in [0.3, 0.4) is 0 Å². The van der Waals surface area contributed by atoms with Gasteiger partial charge in [0.25, 0.3) is 5.56 Å². The second-order valence-electron chi connectivity index (χ2n) is 8.05. The molecule has 0 bridgehead atoms. The summed E-state index contributed by atoms with van der Waals surface area (Å²) in [5.41, 5.74) is 0.707. The second-order valence-corrected chi connectivity index (χ2v) is 8.05. The van der Waals surface area contributed by atoms with E-state index < -0.39 is 17.6 Å². The number of para-hydroxylation sites is 1. The molecule has 3 aromatic rings. The summed E-state index contributed by atoms with van der Waals surface area (Å²) in [7, 11) is 0. The summed E-state index contributed by atoms with van der Waals surface area (Å²) in [6.45, 7) is 4.10. The Labute approximate surface area is 194 Å². The van der Waals surface area contributed by atoms with Gasteiger partial charge in [-0.15, -0.1) is 0 Å². The van der Waals surface area contributed by atoms with Crippen molar-refractivity contribution < 1.29 is 18.0 Å². The number of halogens is 3. The Morgan fingerprint density at radius 1 is 0.971 bits per heavy atom. The first-order valence-electron chi connectivity index (χ1n) is 10.8. The molecule has 1 N–H and O–H groups in total. The minimum Gasteiger partial charge on any atom is -0.368 e. The quantitative estimate of drug-likeness (QED) is 0.617. The molecule has 34 heavy (non-hydrogen) atoms. The van der Waals surface area contributed by atoms with Crippen LogP contribution in [0.25, 0.3) is 0 Å². The Bertz CT molecular complexity index is 1200. The molecule has 10 heteroatoms. The van der Waals surface area contributed by atoms with Crippen LogP contribution in [0, 0.1) is 6.92 Å². The molecule has 0 atom stereocenters. The zero-order chi connectivity index (χ0) is 24.3. The normalized spacial score (nSPS) is 14.2. The van der Waals surface area contributed by atoms with Crippen molar-refractivity contribution in [2.24, 2.45) is 0 Å². The first kappa shape index (κ1) is 23.3.